The van der Waals surface area contributed by atoms with E-state index >= 15 is 0 Å². The summed E-state index contributed by atoms with van der Waals surface area (Å²) in [7, 11) is 0. The summed E-state index contributed by atoms with van der Waals surface area (Å²) in [6.45, 7) is 3.50. The number of unbranched alkanes of at least 4 members (excludes halogenated alkanes) is 3. The predicted molar refractivity (Wildman–Crippen MR) is 110 cm³/mol. The summed E-state index contributed by atoms with van der Waals surface area (Å²) in [6, 6.07) is 0. The van der Waals surface area contributed by atoms with Gasteiger partial charge in [0.05, 0.1) is 18.1 Å². The van der Waals surface area contributed by atoms with Gasteiger partial charge in [0.2, 0.25) is 5.78 Å². The van der Waals surface area contributed by atoms with Gasteiger partial charge >= 0.3 is 0 Å². The number of aliphatic hydroxyl groups excluding tert-OH is 1. The molecule has 0 aliphatic carbocycles. The molecule has 0 radical (unpaired) electrons. The fraction of sp³-hybridized carbons (Fsp3) is 0.409. The number of hydrogen-bond acceptors (Lipinski definition) is 5. The van der Waals surface area contributed by atoms with Crippen LogP contribution in [0.15, 0.2) is 52.9 Å². The molecule has 7 heteroatoms. The standard InChI is InChI=1S/C22H28FN3O3/c1-3-9-16(27)14-17(18(23)4-2)19-15-25-21(26-19)11-8-6-5-7-10-20(28)22-24-12-13-29-22/h4,9,12-15,27H,3,5-8,10-11H2,1-2H3,(H,25,26)/b16-9-,17-14+,18-4+. The van der Waals surface area contributed by atoms with E-state index in [-0.39, 0.29) is 23.0 Å². The van der Waals surface area contributed by atoms with Gasteiger partial charge in [-0.25, -0.2) is 14.4 Å². The Morgan fingerprint density at radius 2 is 2.07 bits per heavy atom. The van der Waals surface area contributed by atoms with Crippen molar-refractivity contribution in [3.8, 4) is 0 Å². The van der Waals surface area contributed by atoms with E-state index in [4.69, 9.17) is 4.42 Å². The Labute approximate surface area is 170 Å². The van der Waals surface area contributed by atoms with Gasteiger partial charge in [-0.2, -0.15) is 0 Å². The zero-order chi connectivity index (χ0) is 21.1. The molecular formula is C22H28FN3O3. The monoisotopic (exact) mass is 401 g/mol. The largest absolute Gasteiger partial charge is 0.508 e. The minimum absolute atomic E-state index is 0.0231. The number of nitrogens with zero attached hydrogens (tertiary/aromatic N) is 2. The Bertz CT molecular complexity index is 864. The number of ketones is 1. The van der Waals surface area contributed by atoms with Gasteiger partial charge in [-0.15, -0.1) is 0 Å². The van der Waals surface area contributed by atoms with Crippen molar-refractivity contribution < 1.29 is 18.7 Å². The van der Waals surface area contributed by atoms with Crippen LogP contribution in [-0.2, 0) is 6.42 Å². The van der Waals surface area contributed by atoms with Gasteiger partial charge in [-0.3, -0.25) is 4.79 Å². The summed E-state index contributed by atoms with van der Waals surface area (Å²) < 4.78 is 19.2. The molecule has 156 valence electrons. The van der Waals surface area contributed by atoms with Gasteiger partial charge in [-0.05, 0) is 38.3 Å². The molecule has 0 aliphatic rings. The fourth-order valence-electron chi connectivity index (χ4n) is 2.87. The lowest BCUT2D eigenvalue weighted by molar-refractivity contribution is 0.0945. The van der Waals surface area contributed by atoms with Crippen molar-refractivity contribution >= 4 is 11.4 Å². The van der Waals surface area contributed by atoms with Crippen LogP contribution >= 0.6 is 0 Å². The van der Waals surface area contributed by atoms with Gasteiger partial charge in [0.25, 0.3) is 5.89 Å². The van der Waals surface area contributed by atoms with Crippen LogP contribution in [0, 0.1) is 0 Å². The SMILES string of the molecule is C\C=C(F)/C(=C\C(O)=C\CC)c1cnc(CCCCCCC(=O)c2ncco2)[nH]1. The van der Waals surface area contributed by atoms with Crippen molar-refractivity contribution in [3.63, 3.8) is 0 Å². The average molecular weight is 401 g/mol. The molecule has 2 aromatic rings. The molecule has 0 aliphatic heterocycles. The molecule has 0 saturated heterocycles. The first-order chi connectivity index (χ1) is 14.0. The maximum atomic E-state index is 14.2. The molecule has 2 rings (SSSR count). The Kier molecular flexibility index (Phi) is 9.08. The Morgan fingerprint density at radius 1 is 1.28 bits per heavy atom. The molecule has 0 aromatic carbocycles. The maximum absolute atomic E-state index is 14.2. The molecule has 0 amide bonds. The van der Waals surface area contributed by atoms with Crippen molar-refractivity contribution in [3.05, 3.63) is 65.9 Å². The highest BCUT2D eigenvalue weighted by Crippen LogP contribution is 2.24. The highest BCUT2D eigenvalue weighted by atomic mass is 19.1. The van der Waals surface area contributed by atoms with Crippen molar-refractivity contribution in [2.75, 3.05) is 0 Å². The smallest absolute Gasteiger partial charge is 0.263 e. The van der Waals surface area contributed by atoms with E-state index in [2.05, 4.69) is 15.0 Å². The molecule has 0 fully saturated rings. The molecule has 2 N–H and O–H groups in total. The van der Waals surface area contributed by atoms with Crippen LogP contribution < -0.4 is 0 Å². The fourth-order valence-corrected chi connectivity index (χ4v) is 2.87. The summed E-state index contributed by atoms with van der Waals surface area (Å²) in [4.78, 5) is 23.1. The third-order valence-electron chi connectivity index (χ3n) is 4.37. The third-order valence-corrected chi connectivity index (χ3v) is 4.37. The van der Waals surface area contributed by atoms with Crippen LogP contribution in [0.5, 0.6) is 0 Å². The summed E-state index contributed by atoms with van der Waals surface area (Å²) in [5, 5.41) is 9.88. The number of halogens is 1. The second kappa shape index (κ2) is 11.8. The van der Waals surface area contributed by atoms with E-state index in [0.717, 1.165) is 37.9 Å². The molecule has 2 aromatic heterocycles. The topological polar surface area (TPSA) is 92.0 Å². The highest BCUT2D eigenvalue weighted by Gasteiger charge is 2.12. The lowest BCUT2D eigenvalue weighted by Crippen LogP contribution is -1.99. The number of aromatic amines is 1. The second-order valence-electron chi connectivity index (χ2n) is 6.65. The van der Waals surface area contributed by atoms with Crippen LogP contribution in [0.2, 0.25) is 0 Å². The first-order valence-electron chi connectivity index (χ1n) is 9.95. The van der Waals surface area contributed by atoms with E-state index in [1.54, 1.807) is 19.2 Å². The van der Waals surface area contributed by atoms with Crippen LogP contribution in [0.1, 0.15) is 74.6 Å². The van der Waals surface area contributed by atoms with Gasteiger partial charge < -0.3 is 14.5 Å². The molecule has 29 heavy (non-hydrogen) atoms. The quantitative estimate of drug-likeness (QED) is 0.200. The zero-order valence-corrected chi connectivity index (χ0v) is 16.9. The van der Waals surface area contributed by atoms with Crippen LogP contribution in [0.25, 0.3) is 5.57 Å². The molecule has 6 nitrogen and oxygen atoms in total. The second-order valence-corrected chi connectivity index (χ2v) is 6.65. The van der Waals surface area contributed by atoms with E-state index in [1.165, 1.54) is 24.6 Å². The number of aryl methyl sites for hydroxylation is 1. The molecule has 0 saturated carbocycles. The number of Topliss-reactive ketones (excluding diaryl/α,β-unsaturated/α-hetero) is 1. The van der Waals surface area contributed by atoms with E-state index in [0.29, 0.717) is 18.5 Å². The Hall–Kier alpha value is -2.96. The van der Waals surface area contributed by atoms with E-state index in [1.807, 2.05) is 6.92 Å². The molecule has 0 atom stereocenters. The Morgan fingerprint density at radius 3 is 2.76 bits per heavy atom. The van der Waals surface area contributed by atoms with Crippen LogP contribution in [-0.4, -0.2) is 25.8 Å². The van der Waals surface area contributed by atoms with Crippen molar-refractivity contribution in [2.24, 2.45) is 0 Å². The predicted octanol–water partition coefficient (Wildman–Crippen LogP) is 5.88. The maximum Gasteiger partial charge on any atom is 0.263 e. The highest BCUT2D eigenvalue weighted by molar-refractivity contribution is 5.91. The average Bonchev–Trinajstić information content (AvgIpc) is 3.40. The number of aliphatic hydroxyl groups is 1. The zero-order valence-electron chi connectivity index (χ0n) is 16.9. The van der Waals surface area contributed by atoms with Crippen LogP contribution in [0.4, 0.5) is 4.39 Å². The van der Waals surface area contributed by atoms with Gasteiger partial charge in [0.15, 0.2) is 0 Å². The first kappa shape index (κ1) is 22.3. The minimum atomic E-state index is -0.424. The number of hydrogen-bond donors (Lipinski definition) is 2. The molecule has 0 spiro atoms. The lowest BCUT2D eigenvalue weighted by atomic mass is 10.1. The number of nitrogens with one attached hydrogen (secondary N) is 1. The number of oxazole rings is 1. The number of carbonyl (C=O) groups excluding carboxylic acids is 1. The summed E-state index contributed by atoms with van der Waals surface area (Å²) in [5.41, 5.74) is 0.807. The van der Waals surface area contributed by atoms with Crippen LogP contribution in [0.3, 0.4) is 0 Å². The van der Waals surface area contributed by atoms with Gasteiger partial charge in [-0.1, -0.05) is 25.8 Å². The van der Waals surface area contributed by atoms with Gasteiger partial charge in [0.1, 0.15) is 23.7 Å². The van der Waals surface area contributed by atoms with Crippen molar-refractivity contribution in [2.45, 2.75) is 58.8 Å². The number of aromatic nitrogens is 3. The first-order valence-corrected chi connectivity index (χ1v) is 9.95. The normalized spacial score (nSPS) is 13.1. The molecule has 0 bridgehead atoms. The molecular weight excluding hydrogens is 373 g/mol. The van der Waals surface area contributed by atoms with Gasteiger partial charge in [0, 0.05) is 18.4 Å². The molecule has 2 heterocycles. The van der Waals surface area contributed by atoms with E-state index < -0.39 is 5.83 Å². The third kappa shape index (κ3) is 7.18. The lowest BCUT2D eigenvalue weighted by Gasteiger charge is -2.03. The molecule has 0 unspecified atom stereocenters. The number of H-pyrrole nitrogens is 1. The number of carbonyl (C=O) groups is 1. The Balaban J connectivity index is 1.81. The number of allylic oxidation sites excluding steroid dienone is 5. The van der Waals surface area contributed by atoms with Crippen molar-refractivity contribution in [1.82, 2.24) is 15.0 Å². The number of rotatable bonds is 12. The van der Waals surface area contributed by atoms with E-state index in [9.17, 15) is 14.3 Å². The summed E-state index contributed by atoms with van der Waals surface area (Å²) >= 11 is 0. The summed E-state index contributed by atoms with van der Waals surface area (Å²) in [6.07, 6.45) is 14.2. The van der Waals surface area contributed by atoms with Crippen molar-refractivity contribution in [1.29, 1.82) is 0 Å². The minimum Gasteiger partial charge on any atom is -0.508 e. The number of imidazole rings is 1. The summed E-state index contributed by atoms with van der Waals surface area (Å²) in [5.74, 6) is 0.466.